The van der Waals surface area contributed by atoms with Gasteiger partial charge in [0.1, 0.15) is 5.52 Å². The largest absolute Gasteiger partial charge is 0.435 e. The van der Waals surface area contributed by atoms with Crippen LogP contribution in [0.4, 0.5) is 5.69 Å². The van der Waals surface area contributed by atoms with E-state index < -0.39 is 0 Å². The van der Waals surface area contributed by atoms with Gasteiger partial charge in [0.25, 0.3) is 0 Å². The van der Waals surface area contributed by atoms with Gasteiger partial charge < -0.3 is 10.2 Å². The smallest absolute Gasteiger partial charge is 0.229 e. The number of aromatic nitrogens is 1. The number of anilines is 1. The number of hydrogen-bond acceptors (Lipinski definition) is 3. The molecule has 0 aliphatic carbocycles. The van der Waals surface area contributed by atoms with Crippen molar-refractivity contribution in [1.29, 1.82) is 0 Å². The molecule has 3 rings (SSSR count). The first-order chi connectivity index (χ1) is 8.25. The molecule has 0 unspecified atom stereocenters. The van der Waals surface area contributed by atoms with E-state index in [1.54, 1.807) is 0 Å². The number of halogens is 1. The molecule has 0 aliphatic rings. The van der Waals surface area contributed by atoms with E-state index in [1.165, 1.54) is 0 Å². The Balaban J connectivity index is 2.26. The molecule has 1 heterocycles. The van der Waals surface area contributed by atoms with Gasteiger partial charge in [-0.25, -0.2) is 4.98 Å². The van der Waals surface area contributed by atoms with Crippen LogP contribution in [0.1, 0.15) is 0 Å². The molecule has 0 saturated heterocycles. The fourth-order valence-corrected chi connectivity index (χ4v) is 2.16. The molecule has 1 aromatic heterocycles. The van der Waals surface area contributed by atoms with Crippen LogP contribution in [-0.4, -0.2) is 4.98 Å². The number of nitrogens with two attached hydrogens (primary N) is 1. The molecule has 0 saturated carbocycles. The Hall–Kier alpha value is -1.81. The summed E-state index contributed by atoms with van der Waals surface area (Å²) in [5, 5.41) is 0. The average molecular weight is 289 g/mol. The fraction of sp³-hybridized carbons (Fsp3) is 0. The van der Waals surface area contributed by atoms with Crippen molar-refractivity contribution in [3.05, 3.63) is 46.9 Å². The number of rotatable bonds is 1. The Morgan fingerprint density at radius 1 is 1.06 bits per heavy atom. The minimum atomic E-state index is 0.546. The summed E-state index contributed by atoms with van der Waals surface area (Å²) in [4.78, 5) is 4.43. The third-order valence-electron chi connectivity index (χ3n) is 2.56. The van der Waals surface area contributed by atoms with Crippen LogP contribution in [0, 0.1) is 0 Å². The Morgan fingerprint density at radius 2 is 1.88 bits per heavy atom. The minimum Gasteiger partial charge on any atom is -0.435 e. The highest BCUT2D eigenvalue weighted by molar-refractivity contribution is 9.10. The van der Waals surface area contributed by atoms with Gasteiger partial charge in [0, 0.05) is 5.69 Å². The van der Waals surface area contributed by atoms with Crippen molar-refractivity contribution in [3.8, 4) is 11.5 Å². The van der Waals surface area contributed by atoms with Crippen molar-refractivity contribution in [3.63, 3.8) is 0 Å². The normalized spacial score (nSPS) is 10.9. The highest BCUT2D eigenvalue weighted by Gasteiger charge is 2.11. The first-order valence-electron chi connectivity index (χ1n) is 5.15. The van der Waals surface area contributed by atoms with E-state index in [2.05, 4.69) is 20.9 Å². The van der Waals surface area contributed by atoms with E-state index in [1.807, 2.05) is 42.5 Å². The van der Waals surface area contributed by atoms with Crippen LogP contribution in [0.3, 0.4) is 0 Å². The average Bonchev–Trinajstić information content (AvgIpc) is 2.75. The van der Waals surface area contributed by atoms with E-state index in [0.717, 1.165) is 21.1 Å². The van der Waals surface area contributed by atoms with Gasteiger partial charge in [-0.1, -0.05) is 18.2 Å². The van der Waals surface area contributed by atoms with Crippen molar-refractivity contribution in [2.24, 2.45) is 0 Å². The summed E-state index contributed by atoms with van der Waals surface area (Å²) in [7, 11) is 0. The van der Waals surface area contributed by atoms with Crippen molar-refractivity contribution < 1.29 is 4.42 Å². The van der Waals surface area contributed by atoms with Gasteiger partial charge in [0.15, 0.2) is 5.58 Å². The third-order valence-corrected chi connectivity index (χ3v) is 3.18. The SMILES string of the molecule is Nc1ccccc1-c1nc2cccc(Br)c2o1. The molecule has 2 N–H and O–H groups in total. The zero-order valence-corrected chi connectivity index (χ0v) is 10.4. The lowest BCUT2D eigenvalue weighted by Crippen LogP contribution is -1.88. The number of hydrogen-bond donors (Lipinski definition) is 1. The lowest BCUT2D eigenvalue weighted by atomic mass is 10.2. The molecule has 17 heavy (non-hydrogen) atoms. The van der Waals surface area contributed by atoms with Crippen LogP contribution in [0.25, 0.3) is 22.6 Å². The highest BCUT2D eigenvalue weighted by atomic mass is 79.9. The van der Waals surface area contributed by atoms with Crippen LogP contribution < -0.4 is 5.73 Å². The predicted molar refractivity (Wildman–Crippen MR) is 71.6 cm³/mol. The summed E-state index contributed by atoms with van der Waals surface area (Å²) < 4.78 is 6.62. The number of nitrogens with zero attached hydrogens (tertiary/aromatic N) is 1. The Bertz CT molecular complexity index is 691. The zero-order valence-electron chi connectivity index (χ0n) is 8.85. The predicted octanol–water partition coefficient (Wildman–Crippen LogP) is 3.84. The van der Waals surface area contributed by atoms with E-state index in [9.17, 15) is 0 Å². The monoisotopic (exact) mass is 288 g/mol. The maximum absolute atomic E-state index is 5.90. The quantitative estimate of drug-likeness (QED) is 0.692. The second-order valence-corrected chi connectivity index (χ2v) is 4.55. The Morgan fingerprint density at radius 3 is 2.65 bits per heavy atom. The van der Waals surface area contributed by atoms with Gasteiger partial charge in [-0.2, -0.15) is 0 Å². The van der Waals surface area contributed by atoms with Gasteiger partial charge in [0.2, 0.25) is 5.89 Å². The van der Waals surface area contributed by atoms with E-state index >= 15 is 0 Å². The van der Waals surface area contributed by atoms with Crippen molar-refractivity contribution in [2.75, 3.05) is 5.73 Å². The molecular formula is C13H9BrN2O. The first-order valence-corrected chi connectivity index (χ1v) is 5.95. The minimum absolute atomic E-state index is 0.546. The lowest BCUT2D eigenvalue weighted by molar-refractivity contribution is 0.618. The van der Waals surface area contributed by atoms with Gasteiger partial charge in [-0.15, -0.1) is 0 Å². The molecule has 4 heteroatoms. The van der Waals surface area contributed by atoms with E-state index in [0.29, 0.717) is 11.6 Å². The second kappa shape index (κ2) is 3.89. The van der Waals surface area contributed by atoms with Crippen LogP contribution >= 0.6 is 15.9 Å². The lowest BCUT2D eigenvalue weighted by Gasteiger charge is -1.98. The van der Waals surface area contributed by atoms with Crippen molar-refractivity contribution >= 4 is 32.7 Å². The summed E-state index contributed by atoms with van der Waals surface area (Å²) in [5.74, 6) is 0.546. The summed E-state index contributed by atoms with van der Waals surface area (Å²) >= 11 is 3.44. The number of oxazole rings is 1. The van der Waals surface area contributed by atoms with Gasteiger partial charge in [-0.3, -0.25) is 0 Å². The van der Waals surface area contributed by atoms with Crippen molar-refractivity contribution in [2.45, 2.75) is 0 Å². The zero-order chi connectivity index (χ0) is 11.8. The Kier molecular flexibility index (Phi) is 2.37. The number of benzene rings is 2. The third kappa shape index (κ3) is 1.70. The maximum atomic E-state index is 5.90. The summed E-state index contributed by atoms with van der Waals surface area (Å²) in [6, 6.07) is 13.3. The topological polar surface area (TPSA) is 52.0 Å². The molecular weight excluding hydrogens is 280 g/mol. The molecule has 0 fully saturated rings. The maximum Gasteiger partial charge on any atom is 0.229 e. The van der Waals surface area contributed by atoms with Gasteiger partial charge >= 0.3 is 0 Å². The van der Waals surface area contributed by atoms with Crippen LogP contribution in [-0.2, 0) is 0 Å². The molecule has 0 atom stereocenters. The summed E-state index contributed by atoms with van der Waals surface area (Å²) in [5.41, 5.74) is 8.94. The second-order valence-electron chi connectivity index (χ2n) is 3.69. The molecule has 0 bridgehead atoms. The summed E-state index contributed by atoms with van der Waals surface area (Å²) in [6.07, 6.45) is 0. The van der Waals surface area contributed by atoms with Gasteiger partial charge in [-0.05, 0) is 40.2 Å². The fourth-order valence-electron chi connectivity index (χ4n) is 1.72. The first kappa shape index (κ1) is 10.4. The van der Waals surface area contributed by atoms with Gasteiger partial charge in [0.05, 0.1) is 10.0 Å². The molecule has 3 aromatic rings. The van der Waals surface area contributed by atoms with Crippen molar-refractivity contribution in [1.82, 2.24) is 4.98 Å². The van der Waals surface area contributed by atoms with Crippen LogP contribution in [0.2, 0.25) is 0 Å². The number of nitrogen functional groups attached to an aromatic ring is 1. The molecule has 84 valence electrons. The van der Waals surface area contributed by atoms with E-state index in [-0.39, 0.29) is 0 Å². The molecule has 2 aromatic carbocycles. The molecule has 3 nitrogen and oxygen atoms in total. The molecule has 0 amide bonds. The van der Waals surface area contributed by atoms with Crippen LogP contribution in [0.5, 0.6) is 0 Å². The van der Waals surface area contributed by atoms with Crippen LogP contribution in [0.15, 0.2) is 51.4 Å². The standard InChI is InChI=1S/C13H9BrN2O/c14-9-5-3-7-11-12(9)17-13(16-11)8-4-1-2-6-10(8)15/h1-7H,15H2. The summed E-state index contributed by atoms with van der Waals surface area (Å²) in [6.45, 7) is 0. The molecule has 0 spiro atoms. The highest BCUT2D eigenvalue weighted by Crippen LogP contribution is 2.31. The Labute approximate surface area is 106 Å². The number of para-hydroxylation sites is 2. The van der Waals surface area contributed by atoms with E-state index in [4.69, 9.17) is 10.2 Å². The number of fused-ring (bicyclic) bond motifs is 1. The molecule has 0 radical (unpaired) electrons. The molecule has 0 aliphatic heterocycles.